The number of rotatable bonds is 1. The number of hydrogen-bond acceptors (Lipinski definition) is 3. The van der Waals surface area contributed by atoms with Crippen LogP contribution in [0.15, 0.2) is 11.1 Å². The fraction of sp³-hybridized carbons (Fsp3) is 0.364. The predicted octanol–water partition coefficient (Wildman–Crippen LogP) is 0.441. The minimum Gasteiger partial charge on any atom is -0.481 e. The number of carboxylic acids is 1. The van der Waals surface area contributed by atoms with E-state index in [1.807, 2.05) is 0 Å². The van der Waals surface area contributed by atoms with Crippen LogP contribution < -0.4 is 5.56 Å². The van der Waals surface area contributed by atoms with E-state index in [2.05, 4.69) is 15.0 Å². The van der Waals surface area contributed by atoms with E-state index in [1.54, 1.807) is 0 Å². The Balaban J connectivity index is 2.20. The van der Waals surface area contributed by atoms with E-state index in [1.165, 1.54) is 6.33 Å². The number of aromatic nitrogens is 3. The van der Waals surface area contributed by atoms with Crippen LogP contribution in [-0.2, 0) is 17.6 Å². The van der Waals surface area contributed by atoms with Gasteiger partial charge < -0.3 is 15.1 Å². The molecule has 1 aliphatic carbocycles. The van der Waals surface area contributed by atoms with Crippen LogP contribution in [0.5, 0.6) is 0 Å². The molecule has 0 bridgehead atoms. The van der Waals surface area contributed by atoms with E-state index in [0.717, 1.165) is 11.3 Å². The van der Waals surface area contributed by atoms with Gasteiger partial charge in [-0.25, -0.2) is 4.98 Å². The van der Waals surface area contributed by atoms with Crippen molar-refractivity contribution >= 4 is 17.0 Å². The first-order valence-electron chi connectivity index (χ1n) is 5.46. The van der Waals surface area contributed by atoms with Gasteiger partial charge in [-0.3, -0.25) is 9.59 Å². The Hall–Kier alpha value is -2.11. The summed E-state index contributed by atoms with van der Waals surface area (Å²) in [5.41, 5.74) is 2.10. The minimum atomic E-state index is -0.801. The molecule has 0 amide bonds. The highest BCUT2D eigenvalue weighted by molar-refractivity contribution is 5.82. The van der Waals surface area contributed by atoms with Gasteiger partial charge in [-0.1, -0.05) is 0 Å². The normalized spacial score (nSPS) is 19.2. The number of hydrogen-bond donors (Lipinski definition) is 3. The molecule has 2 aromatic rings. The standard InChI is InChI=1S/C11H11N3O3/c15-10-8-6-3-5(11(16)17)1-2-7(6)14-9(8)12-4-13-10/h4-5H,1-3H2,(H,16,17)(H2,12,13,14,15). The molecule has 2 heterocycles. The zero-order chi connectivity index (χ0) is 12.0. The van der Waals surface area contributed by atoms with E-state index in [9.17, 15) is 9.59 Å². The van der Waals surface area contributed by atoms with Crippen LogP contribution in [0.4, 0.5) is 0 Å². The number of aryl methyl sites for hydroxylation is 1. The number of aromatic amines is 2. The first kappa shape index (κ1) is 10.1. The second-order valence-corrected chi connectivity index (χ2v) is 4.32. The van der Waals surface area contributed by atoms with Crippen LogP contribution in [0.1, 0.15) is 17.7 Å². The number of nitrogens with one attached hydrogen (secondary N) is 2. The summed E-state index contributed by atoms with van der Waals surface area (Å²) < 4.78 is 0. The van der Waals surface area contributed by atoms with E-state index >= 15 is 0 Å². The van der Waals surface area contributed by atoms with Gasteiger partial charge in [-0.05, 0) is 24.8 Å². The number of nitrogens with zero attached hydrogens (tertiary/aromatic N) is 1. The van der Waals surface area contributed by atoms with Gasteiger partial charge in [0.15, 0.2) is 0 Å². The summed E-state index contributed by atoms with van der Waals surface area (Å²) >= 11 is 0. The van der Waals surface area contributed by atoms with Gasteiger partial charge in [-0.15, -0.1) is 0 Å². The Labute approximate surface area is 95.7 Å². The van der Waals surface area contributed by atoms with Gasteiger partial charge in [0.25, 0.3) is 5.56 Å². The number of fused-ring (bicyclic) bond motifs is 3. The number of aliphatic carboxylic acids is 1. The average molecular weight is 233 g/mol. The fourth-order valence-corrected chi connectivity index (χ4v) is 2.46. The molecule has 6 heteroatoms. The van der Waals surface area contributed by atoms with E-state index < -0.39 is 11.9 Å². The Morgan fingerprint density at radius 3 is 3.12 bits per heavy atom. The zero-order valence-electron chi connectivity index (χ0n) is 8.99. The average Bonchev–Trinajstić information content (AvgIpc) is 2.67. The monoisotopic (exact) mass is 233 g/mol. The number of H-pyrrole nitrogens is 2. The Kier molecular flexibility index (Phi) is 2.04. The lowest BCUT2D eigenvalue weighted by Gasteiger charge is -2.18. The molecule has 2 aromatic heterocycles. The van der Waals surface area contributed by atoms with Crippen molar-refractivity contribution in [2.45, 2.75) is 19.3 Å². The Morgan fingerprint density at radius 2 is 2.35 bits per heavy atom. The van der Waals surface area contributed by atoms with Gasteiger partial charge in [-0.2, -0.15) is 0 Å². The van der Waals surface area contributed by atoms with Crippen molar-refractivity contribution in [3.05, 3.63) is 27.9 Å². The van der Waals surface area contributed by atoms with Crippen LogP contribution in [0.3, 0.4) is 0 Å². The molecule has 0 fully saturated rings. The molecule has 3 rings (SSSR count). The van der Waals surface area contributed by atoms with E-state index in [0.29, 0.717) is 30.3 Å². The van der Waals surface area contributed by atoms with Crippen LogP contribution in [0.2, 0.25) is 0 Å². The third kappa shape index (κ3) is 1.44. The summed E-state index contributed by atoms with van der Waals surface area (Å²) in [5.74, 6) is -1.20. The molecule has 1 unspecified atom stereocenters. The molecule has 0 aromatic carbocycles. The first-order valence-corrected chi connectivity index (χ1v) is 5.46. The molecular weight excluding hydrogens is 222 g/mol. The van der Waals surface area contributed by atoms with Crippen molar-refractivity contribution < 1.29 is 9.90 Å². The summed E-state index contributed by atoms with van der Waals surface area (Å²) in [6, 6.07) is 0. The van der Waals surface area contributed by atoms with Crippen molar-refractivity contribution in [2.24, 2.45) is 5.92 Å². The molecule has 3 N–H and O–H groups in total. The maximum Gasteiger partial charge on any atom is 0.306 e. The molecule has 1 aliphatic rings. The lowest BCUT2D eigenvalue weighted by molar-refractivity contribution is -0.142. The topological polar surface area (TPSA) is 98.8 Å². The van der Waals surface area contributed by atoms with Gasteiger partial charge in [0.2, 0.25) is 0 Å². The smallest absolute Gasteiger partial charge is 0.306 e. The molecule has 0 aliphatic heterocycles. The lowest BCUT2D eigenvalue weighted by Crippen LogP contribution is -2.22. The van der Waals surface area contributed by atoms with Crippen LogP contribution in [0, 0.1) is 5.92 Å². The van der Waals surface area contributed by atoms with Gasteiger partial charge >= 0.3 is 5.97 Å². The lowest BCUT2D eigenvalue weighted by atomic mass is 9.87. The summed E-state index contributed by atoms with van der Waals surface area (Å²) in [4.78, 5) is 32.4. The highest BCUT2D eigenvalue weighted by Crippen LogP contribution is 2.29. The van der Waals surface area contributed by atoms with E-state index in [4.69, 9.17) is 5.11 Å². The largest absolute Gasteiger partial charge is 0.481 e. The molecule has 0 spiro atoms. The summed E-state index contributed by atoms with van der Waals surface area (Å²) in [6.07, 6.45) is 3.01. The SMILES string of the molecule is O=C(O)C1CCc2[nH]c3nc[nH]c(=O)c3c2C1. The van der Waals surface area contributed by atoms with Gasteiger partial charge in [0, 0.05) is 5.69 Å². The molecule has 0 saturated carbocycles. The van der Waals surface area contributed by atoms with Crippen LogP contribution >= 0.6 is 0 Å². The zero-order valence-corrected chi connectivity index (χ0v) is 8.99. The second-order valence-electron chi connectivity index (χ2n) is 4.32. The minimum absolute atomic E-state index is 0.210. The molecular formula is C11H11N3O3. The van der Waals surface area contributed by atoms with Crippen molar-refractivity contribution in [3.8, 4) is 0 Å². The fourth-order valence-electron chi connectivity index (χ4n) is 2.46. The van der Waals surface area contributed by atoms with Crippen molar-refractivity contribution in [3.63, 3.8) is 0 Å². The molecule has 0 radical (unpaired) electrons. The maximum atomic E-state index is 11.7. The molecule has 88 valence electrons. The van der Waals surface area contributed by atoms with Gasteiger partial charge in [0.1, 0.15) is 5.65 Å². The van der Waals surface area contributed by atoms with Crippen LogP contribution in [0.25, 0.3) is 11.0 Å². The van der Waals surface area contributed by atoms with Crippen molar-refractivity contribution in [1.29, 1.82) is 0 Å². The quantitative estimate of drug-likeness (QED) is 0.665. The summed E-state index contributed by atoms with van der Waals surface area (Å²) in [7, 11) is 0. The maximum absolute atomic E-state index is 11.7. The third-order valence-corrected chi connectivity index (χ3v) is 3.33. The summed E-state index contributed by atoms with van der Waals surface area (Å²) in [6.45, 7) is 0. The highest BCUT2D eigenvalue weighted by atomic mass is 16.4. The second kappa shape index (κ2) is 3.44. The molecule has 6 nitrogen and oxygen atoms in total. The van der Waals surface area contributed by atoms with Crippen LogP contribution in [-0.4, -0.2) is 26.0 Å². The first-order chi connectivity index (χ1) is 8.16. The Bertz CT molecular complexity index is 656. The predicted molar refractivity (Wildman–Crippen MR) is 59.9 cm³/mol. The Morgan fingerprint density at radius 1 is 1.53 bits per heavy atom. The molecule has 1 atom stereocenters. The molecule has 17 heavy (non-hydrogen) atoms. The molecule has 0 saturated heterocycles. The van der Waals surface area contributed by atoms with Crippen molar-refractivity contribution in [2.75, 3.05) is 0 Å². The van der Waals surface area contributed by atoms with E-state index in [-0.39, 0.29) is 5.56 Å². The van der Waals surface area contributed by atoms with Crippen molar-refractivity contribution in [1.82, 2.24) is 15.0 Å². The third-order valence-electron chi connectivity index (χ3n) is 3.33. The highest BCUT2D eigenvalue weighted by Gasteiger charge is 2.28. The van der Waals surface area contributed by atoms with Gasteiger partial charge in [0.05, 0.1) is 17.6 Å². The number of carbonyl (C=O) groups is 1. The summed E-state index contributed by atoms with van der Waals surface area (Å²) in [5, 5.41) is 9.54. The number of carboxylic acid groups (broad SMARTS) is 1.